The van der Waals surface area contributed by atoms with Gasteiger partial charge in [-0.05, 0) is 19.8 Å². The van der Waals surface area contributed by atoms with Crippen molar-refractivity contribution < 1.29 is 37.0 Å². The van der Waals surface area contributed by atoms with Gasteiger partial charge >= 0.3 is 18.1 Å². The van der Waals surface area contributed by atoms with Gasteiger partial charge in [0.05, 0.1) is 7.11 Å². The van der Waals surface area contributed by atoms with Gasteiger partial charge in [0.1, 0.15) is 11.3 Å². The van der Waals surface area contributed by atoms with E-state index in [1.54, 1.807) is 5.32 Å². The molecule has 0 unspecified atom stereocenters. The van der Waals surface area contributed by atoms with Crippen LogP contribution in [0.5, 0.6) is 0 Å². The smallest absolute Gasteiger partial charge is 0.427 e. The van der Waals surface area contributed by atoms with Crippen LogP contribution in [0.3, 0.4) is 0 Å². The lowest BCUT2D eigenvalue weighted by Gasteiger charge is -2.32. The van der Waals surface area contributed by atoms with E-state index in [9.17, 15) is 27.6 Å². The number of hydrogen-bond acceptors (Lipinski definition) is 5. The normalized spacial score (nSPS) is 25.5. The van der Waals surface area contributed by atoms with E-state index in [-0.39, 0.29) is 0 Å². The molecule has 6 nitrogen and oxygen atoms in total. The fourth-order valence-electron chi connectivity index (χ4n) is 3.13. The number of methoxy groups -OCH3 is 1. The van der Waals surface area contributed by atoms with E-state index in [1.807, 2.05) is 0 Å². The van der Waals surface area contributed by atoms with Gasteiger partial charge in [0.15, 0.2) is 0 Å². The number of ether oxygens (including phenoxy) is 2. The van der Waals surface area contributed by atoms with Crippen molar-refractivity contribution in [1.29, 1.82) is 0 Å². The van der Waals surface area contributed by atoms with Gasteiger partial charge in [-0.3, -0.25) is 4.79 Å². The summed E-state index contributed by atoms with van der Waals surface area (Å²) in [6.07, 6.45) is -2.03. The van der Waals surface area contributed by atoms with Crippen molar-refractivity contribution in [3.05, 3.63) is 11.3 Å². The summed E-state index contributed by atoms with van der Waals surface area (Å²) < 4.78 is 50.2. The summed E-state index contributed by atoms with van der Waals surface area (Å²) in [5.41, 5.74) is -4.56. The molecule has 0 radical (unpaired) electrons. The minimum atomic E-state index is -5.25. The number of rotatable bonds is 3. The van der Waals surface area contributed by atoms with Gasteiger partial charge in [-0.25, -0.2) is 9.59 Å². The number of esters is 2. The fourth-order valence-corrected chi connectivity index (χ4v) is 3.13. The van der Waals surface area contributed by atoms with Crippen LogP contribution in [0.2, 0.25) is 0 Å². The molecule has 1 fully saturated rings. The summed E-state index contributed by atoms with van der Waals surface area (Å²) >= 11 is 0. The number of allylic oxidation sites excluding steroid dienone is 1. The Labute approximate surface area is 136 Å². The third kappa shape index (κ3) is 2.87. The molecule has 1 aliphatic heterocycles. The zero-order chi connectivity index (χ0) is 18.1. The predicted octanol–water partition coefficient (Wildman–Crippen LogP) is 1.99. The average molecular weight is 349 g/mol. The van der Waals surface area contributed by atoms with E-state index in [1.165, 1.54) is 0 Å². The molecule has 9 heteroatoms. The molecule has 0 aromatic carbocycles. The molecule has 1 amide bonds. The van der Waals surface area contributed by atoms with Gasteiger partial charge < -0.3 is 14.8 Å². The lowest BCUT2D eigenvalue weighted by atomic mass is 9.85. The molecule has 2 aliphatic rings. The van der Waals surface area contributed by atoms with Crippen LogP contribution in [-0.4, -0.2) is 36.7 Å². The number of carbonyl (C=O) groups is 3. The Morgan fingerprint density at radius 1 is 1.25 bits per heavy atom. The Morgan fingerprint density at radius 2 is 1.83 bits per heavy atom. The topological polar surface area (TPSA) is 81.7 Å². The quantitative estimate of drug-likeness (QED) is 0.788. The van der Waals surface area contributed by atoms with Gasteiger partial charge in [0.25, 0.3) is 5.54 Å². The maximum atomic E-state index is 13.8. The first-order valence-corrected chi connectivity index (χ1v) is 7.56. The van der Waals surface area contributed by atoms with Crippen LogP contribution >= 0.6 is 0 Å². The van der Waals surface area contributed by atoms with E-state index in [0.29, 0.717) is 12.8 Å². The Kier molecular flexibility index (Phi) is 4.91. The third-order valence-electron chi connectivity index (χ3n) is 4.38. The molecule has 0 bridgehead atoms. The van der Waals surface area contributed by atoms with Crippen LogP contribution in [0.25, 0.3) is 0 Å². The number of nitrogens with one attached hydrogen (secondary N) is 1. The molecule has 0 spiro atoms. The van der Waals surface area contributed by atoms with Crippen molar-refractivity contribution >= 4 is 17.8 Å². The summed E-state index contributed by atoms with van der Waals surface area (Å²) in [5, 5.41) is 1.75. The molecule has 1 saturated carbocycles. The Morgan fingerprint density at radius 3 is 2.33 bits per heavy atom. The highest BCUT2D eigenvalue weighted by Gasteiger charge is 2.71. The van der Waals surface area contributed by atoms with Crippen molar-refractivity contribution in [2.75, 3.05) is 7.11 Å². The Hall–Kier alpha value is -2.06. The highest BCUT2D eigenvalue weighted by molar-refractivity contribution is 6.07. The van der Waals surface area contributed by atoms with Gasteiger partial charge in [-0.2, -0.15) is 13.2 Å². The second-order valence-corrected chi connectivity index (χ2v) is 5.88. The van der Waals surface area contributed by atoms with Crippen molar-refractivity contribution in [3.8, 4) is 0 Å². The predicted molar refractivity (Wildman–Crippen MR) is 74.3 cm³/mol. The number of halogens is 3. The van der Waals surface area contributed by atoms with Crippen LogP contribution in [0.15, 0.2) is 11.3 Å². The molecule has 1 N–H and O–H groups in total. The maximum Gasteiger partial charge on any atom is 0.427 e. The first kappa shape index (κ1) is 18.3. The largest absolute Gasteiger partial charge is 0.465 e. The molecular formula is C15H18F3NO5. The highest BCUT2D eigenvalue weighted by Crippen LogP contribution is 2.44. The second-order valence-electron chi connectivity index (χ2n) is 5.88. The fraction of sp³-hybridized carbons (Fsp3) is 0.667. The third-order valence-corrected chi connectivity index (χ3v) is 4.38. The zero-order valence-corrected chi connectivity index (χ0v) is 13.3. The molecule has 0 aromatic heterocycles. The number of hydrogen-bond donors (Lipinski definition) is 1. The minimum Gasteiger partial charge on any atom is -0.465 e. The van der Waals surface area contributed by atoms with E-state index in [4.69, 9.17) is 0 Å². The molecule has 0 aromatic rings. The molecule has 2 rings (SSSR count). The Bertz CT molecular complexity index is 592. The summed E-state index contributed by atoms with van der Waals surface area (Å²) in [6, 6.07) is 0. The molecule has 134 valence electrons. The second kappa shape index (κ2) is 6.45. The van der Waals surface area contributed by atoms with Crippen molar-refractivity contribution in [1.82, 2.24) is 5.32 Å². The lowest BCUT2D eigenvalue weighted by molar-refractivity contribution is -0.200. The molecule has 1 heterocycles. The van der Waals surface area contributed by atoms with E-state index in [0.717, 1.165) is 33.3 Å². The number of carbonyl (C=O) groups excluding carboxylic acids is 3. The maximum absolute atomic E-state index is 13.8. The van der Waals surface area contributed by atoms with Gasteiger partial charge in [-0.15, -0.1) is 0 Å². The minimum absolute atomic E-state index is 0.436. The standard InChI is InChI=1S/C15H18F3NO5/c1-8-10(12(21)23-2)14(13(22)24-8,15(16,17)18)19-11(20)9-6-4-3-5-7-9/h9H,3-7H2,1-2H3,(H,19,20)/t14-/m1/s1. The Balaban J connectivity index is 2.44. The first-order chi connectivity index (χ1) is 11.1. The highest BCUT2D eigenvalue weighted by atomic mass is 19.4. The SMILES string of the molecule is COC(=O)C1=C(C)OC(=O)[C@@]1(NC(=O)C1CCCCC1)C(F)(F)F. The number of cyclic esters (lactones) is 1. The van der Waals surface area contributed by atoms with E-state index in [2.05, 4.69) is 9.47 Å². The summed E-state index contributed by atoms with van der Waals surface area (Å²) in [4.78, 5) is 36.1. The molecular weight excluding hydrogens is 331 g/mol. The van der Waals surface area contributed by atoms with E-state index >= 15 is 0 Å². The van der Waals surface area contributed by atoms with Gasteiger partial charge in [0, 0.05) is 5.92 Å². The number of amides is 1. The first-order valence-electron chi connectivity index (χ1n) is 7.56. The van der Waals surface area contributed by atoms with Crippen LogP contribution in [-0.2, 0) is 23.9 Å². The van der Waals surface area contributed by atoms with Crippen LogP contribution in [0.4, 0.5) is 13.2 Å². The average Bonchev–Trinajstić information content (AvgIpc) is 2.78. The van der Waals surface area contributed by atoms with Gasteiger partial charge in [0.2, 0.25) is 5.91 Å². The number of alkyl halides is 3. The lowest BCUT2D eigenvalue weighted by Crippen LogP contribution is -2.65. The van der Waals surface area contributed by atoms with Crippen molar-refractivity contribution in [2.45, 2.75) is 50.7 Å². The summed E-state index contributed by atoms with van der Waals surface area (Å²) in [5.74, 6) is -5.21. The monoisotopic (exact) mass is 349 g/mol. The van der Waals surface area contributed by atoms with Crippen LogP contribution in [0.1, 0.15) is 39.0 Å². The molecule has 24 heavy (non-hydrogen) atoms. The molecule has 0 saturated heterocycles. The van der Waals surface area contributed by atoms with Crippen LogP contribution < -0.4 is 5.32 Å². The summed E-state index contributed by atoms with van der Waals surface area (Å²) in [6.45, 7) is 1.05. The van der Waals surface area contributed by atoms with Crippen molar-refractivity contribution in [3.63, 3.8) is 0 Å². The van der Waals surface area contributed by atoms with Crippen molar-refractivity contribution in [2.24, 2.45) is 5.92 Å². The molecule has 1 atom stereocenters. The van der Waals surface area contributed by atoms with E-state index < -0.39 is 46.8 Å². The summed E-state index contributed by atoms with van der Waals surface area (Å²) in [7, 11) is 0.884. The molecule has 1 aliphatic carbocycles. The van der Waals surface area contributed by atoms with Gasteiger partial charge in [-0.1, -0.05) is 19.3 Å². The zero-order valence-electron chi connectivity index (χ0n) is 13.3. The van der Waals surface area contributed by atoms with Crippen LogP contribution in [0, 0.1) is 5.92 Å².